The van der Waals surface area contributed by atoms with Crippen LogP contribution >= 0.6 is 0 Å². The fraction of sp³-hybridized carbons (Fsp3) is 0.308. The molecule has 0 N–H and O–H groups in total. The molecule has 3 heteroatoms. The average molecular weight is 218 g/mol. The van der Waals surface area contributed by atoms with Crippen molar-refractivity contribution in [3.8, 4) is 11.5 Å². The molecule has 0 saturated heterocycles. The first-order valence-electron chi connectivity index (χ1n) is 5.38. The van der Waals surface area contributed by atoms with Crippen molar-refractivity contribution in [3.63, 3.8) is 0 Å². The molecule has 0 bridgehead atoms. The van der Waals surface area contributed by atoms with Crippen LogP contribution in [-0.2, 0) is 4.79 Å². The first kappa shape index (κ1) is 10.7. The first-order valence-corrected chi connectivity index (χ1v) is 5.38. The van der Waals surface area contributed by atoms with E-state index < -0.39 is 0 Å². The second-order valence-corrected chi connectivity index (χ2v) is 3.59. The topological polar surface area (TPSA) is 35.5 Å². The van der Waals surface area contributed by atoms with E-state index in [1.165, 1.54) is 0 Å². The van der Waals surface area contributed by atoms with Gasteiger partial charge in [-0.1, -0.05) is 19.1 Å². The van der Waals surface area contributed by atoms with Crippen LogP contribution in [0, 0.1) is 0 Å². The van der Waals surface area contributed by atoms with E-state index in [2.05, 4.69) is 13.0 Å². The molecule has 84 valence electrons. The summed E-state index contributed by atoms with van der Waals surface area (Å²) in [6.45, 7) is 4.04. The summed E-state index contributed by atoms with van der Waals surface area (Å²) >= 11 is 0. The number of hydrogen-bond acceptors (Lipinski definition) is 3. The van der Waals surface area contributed by atoms with E-state index in [0.29, 0.717) is 11.5 Å². The smallest absolute Gasteiger partial charge is 0.349 e. The van der Waals surface area contributed by atoms with Gasteiger partial charge in [-0.2, -0.15) is 0 Å². The van der Waals surface area contributed by atoms with Crippen LogP contribution in [0.15, 0.2) is 12.1 Å². The molecule has 1 aromatic carbocycles. The summed E-state index contributed by atoms with van der Waals surface area (Å²) in [4.78, 5) is 11.1. The van der Waals surface area contributed by atoms with Crippen LogP contribution in [0.2, 0.25) is 0 Å². The molecule has 1 aliphatic heterocycles. The van der Waals surface area contributed by atoms with E-state index in [9.17, 15) is 4.79 Å². The van der Waals surface area contributed by atoms with Crippen molar-refractivity contribution < 1.29 is 14.3 Å². The Morgan fingerprint density at radius 3 is 2.75 bits per heavy atom. The van der Waals surface area contributed by atoms with Gasteiger partial charge in [0.15, 0.2) is 18.1 Å². The molecule has 0 atom stereocenters. The number of carbonyl (C=O) groups excluding carboxylic acids is 1. The van der Waals surface area contributed by atoms with Crippen LogP contribution in [0.1, 0.15) is 20.3 Å². The van der Waals surface area contributed by atoms with Gasteiger partial charge in [0, 0.05) is 0 Å². The fourth-order valence-electron chi connectivity index (χ4n) is 1.72. The lowest BCUT2D eigenvalue weighted by Crippen LogP contribution is -2.29. The van der Waals surface area contributed by atoms with E-state index in [1.807, 2.05) is 25.1 Å². The number of ether oxygens (including phenoxy) is 2. The summed E-state index contributed by atoms with van der Waals surface area (Å²) < 4.78 is 10.4. The predicted molar refractivity (Wildman–Crippen MR) is 61.7 cm³/mol. The molecule has 3 nitrogen and oxygen atoms in total. The highest BCUT2D eigenvalue weighted by Crippen LogP contribution is 2.26. The highest BCUT2D eigenvalue weighted by molar-refractivity contribution is 5.76. The van der Waals surface area contributed by atoms with Gasteiger partial charge in [0.1, 0.15) is 0 Å². The first-order chi connectivity index (χ1) is 7.74. The van der Waals surface area contributed by atoms with Gasteiger partial charge in [0.25, 0.3) is 0 Å². The van der Waals surface area contributed by atoms with Crippen LogP contribution in [0.3, 0.4) is 0 Å². The molecule has 1 aromatic rings. The monoisotopic (exact) mass is 218 g/mol. The van der Waals surface area contributed by atoms with Crippen molar-refractivity contribution >= 4 is 18.1 Å². The number of fused-ring (bicyclic) bond motifs is 1. The molecule has 0 fully saturated rings. The molecule has 16 heavy (non-hydrogen) atoms. The Kier molecular flexibility index (Phi) is 2.95. The number of esters is 1. The summed E-state index contributed by atoms with van der Waals surface area (Å²) in [6.07, 6.45) is 5.07. The maximum Gasteiger partial charge on any atom is 0.349 e. The third kappa shape index (κ3) is 1.94. The minimum atomic E-state index is -0.346. The van der Waals surface area contributed by atoms with Crippen molar-refractivity contribution in [1.29, 1.82) is 0 Å². The van der Waals surface area contributed by atoms with Gasteiger partial charge in [0.05, 0.1) is 0 Å². The molecular formula is C13H14O3. The highest BCUT2D eigenvalue weighted by Gasteiger charge is 2.17. The van der Waals surface area contributed by atoms with Gasteiger partial charge >= 0.3 is 5.97 Å². The van der Waals surface area contributed by atoms with Crippen LogP contribution in [0.25, 0.3) is 12.2 Å². The Labute approximate surface area is 94.0 Å². The minimum absolute atomic E-state index is 0.00620. The Balaban J connectivity index is 2.62. The van der Waals surface area contributed by atoms with E-state index in [4.69, 9.17) is 9.47 Å². The molecule has 0 saturated carbocycles. The van der Waals surface area contributed by atoms with Gasteiger partial charge in [-0.15, -0.1) is 0 Å². The lowest BCUT2D eigenvalue weighted by Gasteiger charge is -2.16. The summed E-state index contributed by atoms with van der Waals surface area (Å²) in [5, 5.41) is 2.17. The van der Waals surface area contributed by atoms with E-state index in [1.54, 1.807) is 0 Å². The Hall–Kier alpha value is -1.77. The summed E-state index contributed by atoms with van der Waals surface area (Å²) in [5.74, 6) is 0.810. The zero-order chi connectivity index (χ0) is 11.5. The molecule has 0 aliphatic carbocycles. The second kappa shape index (κ2) is 4.39. The molecule has 1 aliphatic rings. The fourth-order valence-corrected chi connectivity index (χ4v) is 1.72. The average Bonchev–Trinajstić information content (AvgIpc) is 2.29. The zero-order valence-corrected chi connectivity index (χ0v) is 9.45. The Bertz CT molecular complexity index is 529. The molecule has 0 spiro atoms. The highest BCUT2D eigenvalue weighted by atomic mass is 16.6. The molecular weight excluding hydrogens is 204 g/mol. The van der Waals surface area contributed by atoms with Crippen molar-refractivity contribution in [3.05, 3.63) is 22.6 Å². The van der Waals surface area contributed by atoms with Gasteiger partial charge < -0.3 is 9.47 Å². The summed E-state index contributed by atoms with van der Waals surface area (Å²) in [6, 6.07) is 3.76. The van der Waals surface area contributed by atoms with Crippen LogP contribution in [0.5, 0.6) is 11.5 Å². The third-order valence-corrected chi connectivity index (χ3v) is 2.45. The number of benzene rings is 1. The SMILES string of the molecule is CC=c1cc2c(cc1=CCC)OCC(=O)O2. The number of rotatable bonds is 1. The maximum absolute atomic E-state index is 11.1. The molecule has 0 aromatic heterocycles. The van der Waals surface area contributed by atoms with Crippen molar-refractivity contribution in [2.75, 3.05) is 6.61 Å². The molecule has 0 unspecified atom stereocenters. The van der Waals surface area contributed by atoms with Crippen LogP contribution in [-0.4, -0.2) is 12.6 Å². The standard InChI is InChI=1S/C13H14O3/c1-3-5-10-7-11-12(6-9(10)4-2)16-13(14)8-15-11/h4-7H,3,8H2,1-2H3. The summed E-state index contributed by atoms with van der Waals surface area (Å²) in [5.41, 5.74) is 0. The van der Waals surface area contributed by atoms with Crippen LogP contribution < -0.4 is 19.9 Å². The van der Waals surface area contributed by atoms with Crippen molar-refractivity contribution in [2.24, 2.45) is 0 Å². The lowest BCUT2D eigenvalue weighted by molar-refractivity contribution is -0.138. The van der Waals surface area contributed by atoms with E-state index in [0.717, 1.165) is 16.9 Å². The van der Waals surface area contributed by atoms with Gasteiger partial charge in [-0.05, 0) is 35.9 Å². The normalized spacial score (nSPS) is 16.8. The largest absolute Gasteiger partial charge is 0.478 e. The number of hydrogen-bond donors (Lipinski definition) is 0. The maximum atomic E-state index is 11.1. The van der Waals surface area contributed by atoms with Gasteiger partial charge in [-0.3, -0.25) is 0 Å². The van der Waals surface area contributed by atoms with Gasteiger partial charge in [0.2, 0.25) is 0 Å². The van der Waals surface area contributed by atoms with Gasteiger partial charge in [-0.25, -0.2) is 4.79 Å². The molecule has 0 amide bonds. The predicted octanol–water partition coefficient (Wildman–Crippen LogP) is 0.975. The van der Waals surface area contributed by atoms with Crippen molar-refractivity contribution in [2.45, 2.75) is 20.3 Å². The Morgan fingerprint density at radius 2 is 2.06 bits per heavy atom. The van der Waals surface area contributed by atoms with E-state index >= 15 is 0 Å². The lowest BCUT2D eigenvalue weighted by atomic mass is 10.2. The molecule has 1 heterocycles. The zero-order valence-electron chi connectivity index (χ0n) is 9.45. The minimum Gasteiger partial charge on any atom is -0.478 e. The number of carbonyl (C=O) groups is 1. The molecule has 0 radical (unpaired) electrons. The Morgan fingerprint density at radius 1 is 1.31 bits per heavy atom. The quantitative estimate of drug-likeness (QED) is 0.520. The van der Waals surface area contributed by atoms with E-state index in [-0.39, 0.29) is 12.6 Å². The molecule has 2 rings (SSSR count). The second-order valence-electron chi connectivity index (χ2n) is 3.59. The third-order valence-electron chi connectivity index (χ3n) is 2.45. The summed E-state index contributed by atoms with van der Waals surface area (Å²) in [7, 11) is 0. The van der Waals surface area contributed by atoms with Crippen LogP contribution in [0.4, 0.5) is 0 Å². The van der Waals surface area contributed by atoms with Crippen molar-refractivity contribution in [1.82, 2.24) is 0 Å².